The third-order valence-corrected chi connectivity index (χ3v) is 3.88. The van der Waals surface area contributed by atoms with Gasteiger partial charge in [0.25, 0.3) is 0 Å². The lowest BCUT2D eigenvalue weighted by molar-refractivity contribution is 0.629. The molecule has 0 radical (unpaired) electrons. The molecule has 0 spiro atoms. The maximum absolute atomic E-state index is 13.2. The van der Waals surface area contributed by atoms with Crippen LogP contribution < -0.4 is 10.7 Å². The van der Waals surface area contributed by atoms with Crippen LogP contribution in [0.4, 0.5) is 4.39 Å². The van der Waals surface area contributed by atoms with Crippen molar-refractivity contribution < 1.29 is 4.39 Å². The second-order valence-electron chi connectivity index (χ2n) is 5.65. The number of fused-ring (bicyclic) bond motifs is 2. The van der Waals surface area contributed by atoms with Crippen molar-refractivity contribution in [3.8, 4) is 0 Å². The zero-order valence-electron chi connectivity index (χ0n) is 12.8. The molecule has 0 aliphatic heterocycles. The van der Waals surface area contributed by atoms with Gasteiger partial charge in [0.2, 0.25) is 0 Å². The predicted octanol–water partition coefficient (Wildman–Crippen LogP) is 2.60. The number of halogens is 1. The lowest BCUT2D eigenvalue weighted by Crippen LogP contribution is -2.16. The summed E-state index contributed by atoms with van der Waals surface area (Å²) in [6, 6.07) is 11.5. The fourth-order valence-corrected chi connectivity index (χ4v) is 2.77. The third kappa shape index (κ3) is 2.79. The largest absolute Gasteiger partial charge is 0.357 e. The maximum atomic E-state index is 13.2. The van der Waals surface area contributed by atoms with Crippen molar-refractivity contribution in [1.82, 2.24) is 19.7 Å². The molecule has 3 heterocycles. The lowest BCUT2D eigenvalue weighted by Gasteiger charge is -2.05. The molecule has 2 N–H and O–H groups in total. The Hall–Kier alpha value is -2.99. The molecule has 0 bridgehead atoms. The summed E-state index contributed by atoms with van der Waals surface area (Å²) in [7, 11) is 0. The molecule has 24 heavy (non-hydrogen) atoms. The van der Waals surface area contributed by atoms with E-state index in [1.807, 2.05) is 35.0 Å². The lowest BCUT2D eigenvalue weighted by atomic mass is 10.2. The first-order valence-electron chi connectivity index (χ1n) is 7.64. The number of imidazole rings is 1. The average molecular weight is 322 g/mol. The van der Waals surface area contributed by atoms with E-state index in [4.69, 9.17) is 0 Å². The molecule has 6 heteroatoms. The van der Waals surface area contributed by atoms with Crippen molar-refractivity contribution in [2.45, 2.75) is 13.1 Å². The molecule has 4 rings (SSSR count). The van der Waals surface area contributed by atoms with E-state index in [1.165, 1.54) is 18.2 Å². The minimum absolute atomic E-state index is 0.187. The molecule has 0 unspecified atom stereocenters. The number of H-pyrrole nitrogens is 1. The maximum Gasteiger partial charge on any atom is 0.189 e. The Morgan fingerprint density at radius 2 is 2.08 bits per heavy atom. The van der Waals surface area contributed by atoms with E-state index in [0.29, 0.717) is 24.0 Å². The summed E-state index contributed by atoms with van der Waals surface area (Å²) in [4.78, 5) is 19.7. The van der Waals surface area contributed by atoms with Gasteiger partial charge < -0.3 is 14.7 Å². The Balaban J connectivity index is 1.50. The molecule has 4 aromatic rings. The normalized spacial score (nSPS) is 11.4. The summed E-state index contributed by atoms with van der Waals surface area (Å²) in [5, 5.41) is 3.62. The molecule has 0 saturated heterocycles. The number of hydrogen-bond donors (Lipinski definition) is 2. The second kappa shape index (κ2) is 5.90. The molecule has 3 aromatic heterocycles. The third-order valence-electron chi connectivity index (χ3n) is 3.88. The zero-order chi connectivity index (χ0) is 16.5. The summed E-state index contributed by atoms with van der Waals surface area (Å²) < 4.78 is 15.2. The van der Waals surface area contributed by atoms with Gasteiger partial charge in [0.15, 0.2) is 5.43 Å². The topological polar surface area (TPSA) is 62.2 Å². The standard InChI is InChI=1S/C18H15FN4O/c19-12-4-5-16-15(7-12)17(24)8-13(21-16)9-20-10-14-11-23-6-2-1-3-18(23)22-14/h1-8,11,20H,9-10H2,(H,21,24). The first-order valence-corrected chi connectivity index (χ1v) is 7.64. The van der Waals surface area contributed by atoms with Gasteiger partial charge >= 0.3 is 0 Å². The molecule has 0 aliphatic rings. The molecule has 0 saturated carbocycles. The van der Waals surface area contributed by atoms with Gasteiger partial charge in [-0.1, -0.05) is 6.07 Å². The Labute approximate surface area is 136 Å². The van der Waals surface area contributed by atoms with Crippen molar-refractivity contribution >= 4 is 16.6 Å². The minimum Gasteiger partial charge on any atom is -0.357 e. The number of rotatable bonds is 4. The van der Waals surface area contributed by atoms with Crippen LogP contribution in [-0.2, 0) is 13.1 Å². The highest BCUT2D eigenvalue weighted by Gasteiger charge is 2.05. The summed E-state index contributed by atoms with van der Waals surface area (Å²) >= 11 is 0. The monoisotopic (exact) mass is 322 g/mol. The molecule has 0 fully saturated rings. The number of pyridine rings is 2. The highest BCUT2D eigenvalue weighted by Crippen LogP contribution is 2.10. The van der Waals surface area contributed by atoms with Crippen molar-refractivity contribution in [3.05, 3.63) is 82.3 Å². The molecule has 0 amide bonds. The van der Waals surface area contributed by atoms with E-state index in [0.717, 1.165) is 17.0 Å². The summed E-state index contributed by atoms with van der Waals surface area (Å²) in [5.41, 5.74) is 3.02. The highest BCUT2D eigenvalue weighted by atomic mass is 19.1. The Kier molecular flexibility index (Phi) is 3.59. The minimum atomic E-state index is -0.411. The molecule has 5 nitrogen and oxygen atoms in total. The van der Waals surface area contributed by atoms with Crippen LogP contribution in [0.1, 0.15) is 11.4 Å². The molecular formula is C18H15FN4O. The Bertz CT molecular complexity index is 1050. The van der Waals surface area contributed by atoms with Gasteiger partial charge in [-0.3, -0.25) is 4.79 Å². The van der Waals surface area contributed by atoms with Crippen molar-refractivity contribution in [3.63, 3.8) is 0 Å². The van der Waals surface area contributed by atoms with Gasteiger partial charge in [-0.05, 0) is 30.3 Å². The summed E-state index contributed by atoms with van der Waals surface area (Å²) in [5.74, 6) is -0.411. The first kappa shape index (κ1) is 14.6. The van der Waals surface area contributed by atoms with E-state index in [1.54, 1.807) is 6.07 Å². The van der Waals surface area contributed by atoms with Gasteiger partial charge in [-0.25, -0.2) is 9.37 Å². The van der Waals surface area contributed by atoms with Gasteiger partial charge in [0.05, 0.1) is 5.69 Å². The number of aromatic amines is 1. The van der Waals surface area contributed by atoms with Crippen LogP contribution in [0.15, 0.2) is 59.7 Å². The molecular weight excluding hydrogens is 307 g/mol. The summed E-state index contributed by atoms with van der Waals surface area (Å²) in [6.45, 7) is 1.08. The smallest absolute Gasteiger partial charge is 0.189 e. The van der Waals surface area contributed by atoms with E-state index >= 15 is 0 Å². The Morgan fingerprint density at radius 1 is 1.17 bits per heavy atom. The van der Waals surface area contributed by atoms with E-state index in [9.17, 15) is 9.18 Å². The molecule has 0 aliphatic carbocycles. The van der Waals surface area contributed by atoms with Crippen LogP contribution in [0.2, 0.25) is 0 Å². The van der Waals surface area contributed by atoms with Crippen molar-refractivity contribution in [1.29, 1.82) is 0 Å². The number of aromatic nitrogens is 3. The van der Waals surface area contributed by atoms with Crippen LogP contribution >= 0.6 is 0 Å². The fourth-order valence-electron chi connectivity index (χ4n) is 2.77. The zero-order valence-corrected chi connectivity index (χ0v) is 12.8. The fraction of sp³-hybridized carbons (Fsp3) is 0.111. The highest BCUT2D eigenvalue weighted by molar-refractivity contribution is 5.78. The predicted molar refractivity (Wildman–Crippen MR) is 90.3 cm³/mol. The van der Waals surface area contributed by atoms with Crippen LogP contribution in [0, 0.1) is 5.82 Å². The SMILES string of the molecule is O=c1cc(CNCc2cn3ccccc3n2)[nH]c2ccc(F)cc12. The molecule has 120 valence electrons. The van der Waals surface area contributed by atoms with Crippen molar-refractivity contribution in [2.75, 3.05) is 0 Å². The molecule has 1 aromatic carbocycles. The number of nitrogens with zero attached hydrogens (tertiary/aromatic N) is 2. The average Bonchev–Trinajstić information content (AvgIpc) is 2.98. The first-order chi connectivity index (χ1) is 11.7. The number of nitrogens with one attached hydrogen (secondary N) is 2. The number of hydrogen-bond acceptors (Lipinski definition) is 3. The van der Waals surface area contributed by atoms with Gasteiger partial charge in [-0.2, -0.15) is 0 Å². The Morgan fingerprint density at radius 3 is 2.96 bits per heavy atom. The van der Waals surface area contributed by atoms with E-state index in [-0.39, 0.29) is 5.43 Å². The van der Waals surface area contributed by atoms with Crippen LogP contribution in [0.3, 0.4) is 0 Å². The van der Waals surface area contributed by atoms with Gasteiger partial charge in [0.1, 0.15) is 11.5 Å². The second-order valence-corrected chi connectivity index (χ2v) is 5.65. The van der Waals surface area contributed by atoms with Crippen LogP contribution in [0.5, 0.6) is 0 Å². The van der Waals surface area contributed by atoms with Crippen LogP contribution in [0.25, 0.3) is 16.6 Å². The van der Waals surface area contributed by atoms with Crippen LogP contribution in [-0.4, -0.2) is 14.4 Å². The summed E-state index contributed by atoms with van der Waals surface area (Å²) in [6.07, 6.45) is 3.92. The quantitative estimate of drug-likeness (QED) is 0.607. The van der Waals surface area contributed by atoms with E-state index < -0.39 is 5.82 Å². The van der Waals surface area contributed by atoms with Gasteiger partial charge in [-0.15, -0.1) is 0 Å². The van der Waals surface area contributed by atoms with E-state index in [2.05, 4.69) is 15.3 Å². The molecule has 0 atom stereocenters. The van der Waals surface area contributed by atoms with Gasteiger partial charge in [0, 0.05) is 48.1 Å². The van der Waals surface area contributed by atoms with Crippen molar-refractivity contribution in [2.24, 2.45) is 0 Å². The number of benzene rings is 1.